The van der Waals surface area contributed by atoms with Crippen LogP contribution in [0.15, 0.2) is 0 Å². The van der Waals surface area contributed by atoms with Gasteiger partial charge in [-0.15, -0.1) is 0 Å². The minimum Gasteiger partial charge on any atom is -0.481 e. The second kappa shape index (κ2) is 6.01. The summed E-state index contributed by atoms with van der Waals surface area (Å²) in [6.07, 6.45) is -0.411. The fourth-order valence-corrected chi connectivity index (χ4v) is 1.78. The fourth-order valence-electron chi connectivity index (χ4n) is 1.78. The van der Waals surface area contributed by atoms with Crippen molar-refractivity contribution in [3.8, 4) is 0 Å². The molecule has 2 amide bonds. The van der Waals surface area contributed by atoms with Crippen molar-refractivity contribution in [2.75, 3.05) is 26.3 Å². The molecule has 0 saturated carbocycles. The van der Waals surface area contributed by atoms with Crippen LogP contribution in [0.3, 0.4) is 0 Å². The van der Waals surface area contributed by atoms with Gasteiger partial charge in [-0.3, -0.25) is 4.79 Å². The number of nitrogens with zero attached hydrogens (tertiary/aromatic N) is 1. The maximum atomic E-state index is 11.8. The molecule has 1 rings (SSSR count). The van der Waals surface area contributed by atoms with Crippen molar-refractivity contribution in [2.24, 2.45) is 0 Å². The third-order valence-electron chi connectivity index (χ3n) is 2.78. The minimum absolute atomic E-state index is 0.0248. The SMILES string of the molecule is CC1COCCN1C(=O)NCC(C)(O)CC(=O)O. The number of aliphatic carboxylic acids is 1. The number of hydrogen-bond donors (Lipinski definition) is 3. The fraction of sp³-hybridized carbons (Fsp3) is 0.818. The van der Waals surface area contributed by atoms with Crippen LogP contribution >= 0.6 is 0 Å². The Bertz CT molecular complexity index is 319. The molecule has 2 unspecified atom stereocenters. The van der Waals surface area contributed by atoms with Gasteiger partial charge in [0.05, 0.1) is 31.3 Å². The molecule has 1 saturated heterocycles. The third kappa shape index (κ3) is 4.50. The Morgan fingerprint density at radius 3 is 2.78 bits per heavy atom. The molecular formula is C11H20N2O5. The normalized spacial score (nSPS) is 23.3. The number of carbonyl (C=O) groups is 2. The van der Waals surface area contributed by atoms with E-state index in [9.17, 15) is 14.7 Å². The van der Waals surface area contributed by atoms with Crippen molar-refractivity contribution < 1.29 is 24.5 Å². The highest BCUT2D eigenvalue weighted by molar-refractivity contribution is 5.75. The van der Waals surface area contributed by atoms with Crippen LogP contribution in [0.25, 0.3) is 0 Å². The predicted molar refractivity (Wildman–Crippen MR) is 63.3 cm³/mol. The van der Waals surface area contributed by atoms with Crippen LogP contribution in [-0.2, 0) is 9.53 Å². The van der Waals surface area contributed by atoms with Gasteiger partial charge in [-0.2, -0.15) is 0 Å². The molecule has 0 radical (unpaired) electrons. The van der Waals surface area contributed by atoms with Gasteiger partial charge in [-0.25, -0.2) is 4.79 Å². The molecule has 0 aromatic carbocycles. The minimum atomic E-state index is -1.45. The Labute approximate surface area is 106 Å². The van der Waals surface area contributed by atoms with Crippen LogP contribution in [0.5, 0.6) is 0 Å². The third-order valence-corrected chi connectivity index (χ3v) is 2.78. The van der Waals surface area contributed by atoms with Gasteiger partial charge in [0.25, 0.3) is 0 Å². The largest absolute Gasteiger partial charge is 0.481 e. The quantitative estimate of drug-likeness (QED) is 0.641. The van der Waals surface area contributed by atoms with Crippen LogP contribution in [0.2, 0.25) is 0 Å². The topological polar surface area (TPSA) is 99.1 Å². The lowest BCUT2D eigenvalue weighted by molar-refractivity contribution is -0.141. The first-order chi connectivity index (χ1) is 8.32. The van der Waals surface area contributed by atoms with Crippen molar-refractivity contribution in [3.63, 3.8) is 0 Å². The van der Waals surface area contributed by atoms with E-state index < -0.39 is 18.0 Å². The second-order valence-corrected chi connectivity index (χ2v) is 4.84. The summed E-state index contributed by atoms with van der Waals surface area (Å²) in [4.78, 5) is 24.0. The van der Waals surface area contributed by atoms with Crippen molar-refractivity contribution in [1.82, 2.24) is 10.2 Å². The van der Waals surface area contributed by atoms with Gasteiger partial charge in [0, 0.05) is 13.1 Å². The highest BCUT2D eigenvalue weighted by Crippen LogP contribution is 2.09. The standard InChI is InChI=1S/C11H20N2O5/c1-8-6-18-4-3-13(8)10(16)12-7-11(2,17)5-9(14)15/h8,17H,3-7H2,1-2H3,(H,12,16)(H,14,15). The number of amides is 2. The van der Waals surface area contributed by atoms with E-state index in [1.165, 1.54) is 6.92 Å². The van der Waals surface area contributed by atoms with E-state index in [1.54, 1.807) is 4.90 Å². The number of rotatable bonds is 4. The second-order valence-electron chi connectivity index (χ2n) is 4.84. The lowest BCUT2D eigenvalue weighted by Gasteiger charge is -2.34. The number of carbonyl (C=O) groups excluding carboxylic acids is 1. The number of aliphatic hydroxyl groups is 1. The molecule has 1 aliphatic rings. The van der Waals surface area contributed by atoms with Crippen LogP contribution in [0, 0.1) is 0 Å². The highest BCUT2D eigenvalue weighted by Gasteiger charge is 2.28. The molecule has 0 bridgehead atoms. The highest BCUT2D eigenvalue weighted by atomic mass is 16.5. The maximum absolute atomic E-state index is 11.8. The first kappa shape index (κ1) is 14.7. The average molecular weight is 260 g/mol. The Morgan fingerprint density at radius 2 is 2.22 bits per heavy atom. The number of nitrogens with one attached hydrogen (secondary N) is 1. The summed E-state index contributed by atoms with van der Waals surface area (Å²) in [5.41, 5.74) is -1.45. The molecule has 104 valence electrons. The zero-order valence-electron chi connectivity index (χ0n) is 10.7. The summed E-state index contributed by atoms with van der Waals surface area (Å²) in [5.74, 6) is -1.10. The maximum Gasteiger partial charge on any atom is 0.317 e. The molecule has 0 aromatic rings. The van der Waals surface area contributed by atoms with Crippen LogP contribution in [-0.4, -0.2) is 65.1 Å². The van der Waals surface area contributed by atoms with Gasteiger partial charge in [-0.1, -0.05) is 0 Å². The van der Waals surface area contributed by atoms with Gasteiger partial charge < -0.3 is 25.2 Å². The van der Waals surface area contributed by atoms with Gasteiger partial charge in [-0.05, 0) is 13.8 Å². The Kier molecular flexibility index (Phi) is 4.92. The van der Waals surface area contributed by atoms with Crippen molar-refractivity contribution >= 4 is 12.0 Å². The molecule has 7 heteroatoms. The zero-order valence-corrected chi connectivity index (χ0v) is 10.7. The zero-order chi connectivity index (χ0) is 13.8. The number of ether oxygens (including phenoxy) is 1. The smallest absolute Gasteiger partial charge is 0.317 e. The summed E-state index contributed by atoms with van der Waals surface area (Å²) >= 11 is 0. The number of morpholine rings is 1. The van der Waals surface area contributed by atoms with E-state index in [-0.39, 0.29) is 18.6 Å². The van der Waals surface area contributed by atoms with E-state index in [1.807, 2.05) is 6.92 Å². The Morgan fingerprint density at radius 1 is 1.56 bits per heavy atom. The van der Waals surface area contributed by atoms with Gasteiger partial charge >= 0.3 is 12.0 Å². The molecule has 1 heterocycles. The molecular weight excluding hydrogens is 240 g/mol. The lowest BCUT2D eigenvalue weighted by Crippen LogP contribution is -2.53. The Balaban J connectivity index is 2.42. The van der Waals surface area contributed by atoms with E-state index in [4.69, 9.17) is 9.84 Å². The summed E-state index contributed by atoms with van der Waals surface area (Å²) in [6.45, 7) is 4.62. The molecule has 0 spiro atoms. The van der Waals surface area contributed by atoms with Gasteiger partial charge in [0.15, 0.2) is 0 Å². The number of hydrogen-bond acceptors (Lipinski definition) is 4. The van der Waals surface area contributed by atoms with E-state index >= 15 is 0 Å². The van der Waals surface area contributed by atoms with Crippen molar-refractivity contribution in [1.29, 1.82) is 0 Å². The Hall–Kier alpha value is -1.34. The van der Waals surface area contributed by atoms with E-state index in [0.29, 0.717) is 19.8 Å². The average Bonchev–Trinajstić information content (AvgIpc) is 2.25. The monoisotopic (exact) mass is 260 g/mol. The lowest BCUT2D eigenvalue weighted by atomic mass is 10.0. The van der Waals surface area contributed by atoms with Crippen LogP contribution in [0.1, 0.15) is 20.3 Å². The summed E-state index contributed by atoms with van der Waals surface area (Å²) in [7, 11) is 0. The molecule has 3 N–H and O–H groups in total. The van der Waals surface area contributed by atoms with Crippen molar-refractivity contribution in [3.05, 3.63) is 0 Å². The predicted octanol–water partition coefficient (Wildman–Crippen LogP) is -0.358. The summed E-state index contributed by atoms with van der Waals surface area (Å²) in [5, 5.41) is 20.9. The van der Waals surface area contributed by atoms with Gasteiger partial charge in [0.2, 0.25) is 0 Å². The van der Waals surface area contributed by atoms with Crippen LogP contribution in [0.4, 0.5) is 4.79 Å². The molecule has 1 fully saturated rings. The molecule has 7 nitrogen and oxygen atoms in total. The molecule has 0 aliphatic carbocycles. The van der Waals surface area contributed by atoms with E-state index in [0.717, 1.165) is 0 Å². The number of carboxylic acid groups (broad SMARTS) is 1. The number of urea groups is 1. The van der Waals surface area contributed by atoms with E-state index in [2.05, 4.69) is 5.32 Å². The van der Waals surface area contributed by atoms with Crippen LogP contribution < -0.4 is 5.32 Å². The molecule has 1 aliphatic heterocycles. The number of carboxylic acids is 1. The molecule has 0 aromatic heterocycles. The molecule has 18 heavy (non-hydrogen) atoms. The summed E-state index contributed by atoms with van der Waals surface area (Å²) < 4.78 is 5.21. The first-order valence-electron chi connectivity index (χ1n) is 5.88. The molecule has 2 atom stereocenters. The van der Waals surface area contributed by atoms with Crippen molar-refractivity contribution in [2.45, 2.75) is 31.9 Å². The van der Waals surface area contributed by atoms with Gasteiger partial charge in [0.1, 0.15) is 0 Å². The first-order valence-corrected chi connectivity index (χ1v) is 5.88. The summed E-state index contributed by atoms with van der Waals surface area (Å²) in [6, 6.07) is -0.334.